The van der Waals surface area contributed by atoms with Crippen molar-refractivity contribution in [3.63, 3.8) is 0 Å². The van der Waals surface area contributed by atoms with Gasteiger partial charge in [-0.3, -0.25) is 4.79 Å². The Bertz CT molecular complexity index is 970. The zero-order valence-corrected chi connectivity index (χ0v) is 17.1. The van der Waals surface area contributed by atoms with Gasteiger partial charge in [-0.2, -0.15) is 0 Å². The fourth-order valence-corrected chi connectivity index (χ4v) is 3.38. The molecule has 0 bridgehead atoms. The summed E-state index contributed by atoms with van der Waals surface area (Å²) >= 11 is 6.14. The first kappa shape index (κ1) is 20.0. The molecule has 0 aliphatic rings. The first-order valence-electron chi connectivity index (χ1n) is 9.28. The van der Waals surface area contributed by atoms with E-state index in [4.69, 9.17) is 16.3 Å². The maximum Gasteiger partial charge on any atom is 0.255 e. The van der Waals surface area contributed by atoms with Crippen molar-refractivity contribution in [1.29, 1.82) is 0 Å². The number of nitrogens with one attached hydrogen (secondary N) is 1. The van der Waals surface area contributed by atoms with Crippen LogP contribution in [0.4, 0.5) is 0 Å². The SMILES string of the molecule is Cc1ccc(C(C)NC(=O)c2cc(Cl)ccc2OCc2ccccc2)c(C)c1. The maximum absolute atomic E-state index is 12.9. The minimum atomic E-state index is -0.210. The van der Waals surface area contributed by atoms with E-state index in [-0.39, 0.29) is 11.9 Å². The third kappa shape index (κ3) is 4.93. The van der Waals surface area contributed by atoms with Gasteiger partial charge in [0.25, 0.3) is 5.91 Å². The van der Waals surface area contributed by atoms with E-state index in [2.05, 4.69) is 37.4 Å². The standard InChI is InChI=1S/C24H24ClNO2/c1-16-9-11-21(17(2)13-16)18(3)26-24(27)22-14-20(25)10-12-23(22)28-15-19-7-5-4-6-8-19/h4-14,18H,15H2,1-3H3,(H,26,27). The number of ether oxygens (including phenoxy) is 1. The summed E-state index contributed by atoms with van der Waals surface area (Å²) in [5, 5.41) is 3.56. The predicted molar refractivity (Wildman–Crippen MR) is 114 cm³/mol. The molecular weight excluding hydrogens is 370 g/mol. The van der Waals surface area contributed by atoms with E-state index >= 15 is 0 Å². The fraction of sp³-hybridized carbons (Fsp3) is 0.208. The molecule has 0 heterocycles. The lowest BCUT2D eigenvalue weighted by molar-refractivity contribution is 0.0935. The summed E-state index contributed by atoms with van der Waals surface area (Å²) in [5.41, 5.74) is 4.91. The van der Waals surface area contributed by atoms with Crippen LogP contribution in [0.25, 0.3) is 0 Å². The molecule has 3 rings (SSSR count). The molecule has 0 saturated carbocycles. The molecule has 1 N–H and O–H groups in total. The van der Waals surface area contributed by atoms with Crippen LogP contribution in [0.1, 0.15) is 45.6 Å². The average molecular weight is 394 g/mol. The van der Waals surface area contributed by atoms with Gasteiger partial charge in [0.15, 0.2) is 0 Å². The quantitative estimate of drug-likeness (QED) is 0.555. The van der Waals surface area contributed by atoms with E-state index in [1.165, 1.54) is 5.56 Å². The van der Waals surface area contributed by atoms with Crippen LogP contribution in [0.2, 0.25) is 5.02 Å². The van der Waals surface area contributed by atoms with E-state index in [0.717, 1.165) is 16.7 Å². The Hall–Kier alpha value is -2.78. The van der Waals surface area contributed by atoms with Crippen molar-refractivity contribution in [3.05, 3.63) is 99.6 Å². The highest BCUT2D eigenvalue weighted by Crippen LogP contribution is 2.26. The molecule has 28 heavy (non-hydrogen) atoms. The van der Waals surface area contributed by atoms with E-state index in [1.807, 2.05) is 37.3 Å². The van der Waals surface area contributed by atoms with Gasteiger partial charge in [-0.05, 0) is 55.7 Å². The van der Waals surface area contributed by atoms with Gasteiger partial charge >= 0.3 is 0 Å². The van der Waals surface area contributed by atoms with Crippen LogP contribution in [0.15, 0.2) is 66.7 Å². The van der Waals surface area contributed by atoms with Crippen LogP contribution in [0.5, 0.6) is 5.75 Å². The molecule has 3 aromatic carbocycles. The number of benzene rings is 3. The third-order valence-corrected chi connectivity index (χ3v) is 4.90. The summed E-state index contributed by atoms with van der Waals surface area (Å²) in [6, 6.07) is 21.0. The number of rotatable bonds is 6. The summed E-state index contributed by atoms with van der Waals surface area (Å²) in [7, 11) is 0. The first-order chi connectivity index (χ1) is 13.4. The summed E-state index contributed by atoms with van der Waals surface area (Å²) in [6.45, 7) is 6.47. The van der Waals surface area contributed by atoms with Gasteiger partial charge in [0.2, 0.25) is 0 Å². The average Bonchev–Trinajstić information content (AvgIpc) is 2.67. The Morgan fingerprint density at radius 3 is 2.50 bits per heavy atom. The van der Waals surface area contributed by atoms with Crippen LogP contribution in [0.3, 0.4) is 0 Å². The van der Waals surface area contributed by atoms with Crippen molar-refractivity contribution in [2.45, 2.75) is 33.4 Å². The molecule has 0 saturated heterocycles. The molecule has 1 atom stereocenters. The highest BCUT2D eigenvalue weighted by molar-refractivity contribution is 6.31. The molecule has 1 unspecified atom stereocenters. The van der Waals surface area contributed by atoms with Crippen molar-refractivity contribution < 1.29 is 9.53 Å². The predicted octanol–water partition coefficient (Wildman–Crippen LogP) is 6.03. The lowest BCUT2D eigenvalue weighted by Crippen LogP contribution is -2.27. The highest BCUT2D eigenvalue weighted by Gasteiger charge is 2.17. The summed E-state index contributed by atoms with van der Waals surface area (Å²) in [5.74, 6) is 0.302. The number of hydrogen-bond acceptors (Lipinski definition) is 2. The lowest BCUT2D eigenvalue weighted by atomic mass is 10.00. The largest absolute Gasteiger partial charge is 0.488 e. The van der Waals surface area contributed by atoms with Crippen molar-refractivity contribution in [2.75, 3.05) is 0 Å². The van der Waals surface area contributed by atoms with Crippen LogP contribution in [0, 0.1) is 13.8 Å². The second-order valence-electron chi connectivity index (χ2n) is 6.97. The Labute approximate surface area is 171 Å². The normalized spacial score (nSPS) is 11.7. The number of carbonyl (C=O) groups is 1. The lowest BCUT2D eigenvalue weighted by Gasteiger charge is -2.18. The monoisotopic (exact) mass is 393 g/mol. The second kappa shape index (κ2) is 8.94. The van der Waals surface area contributed by atoms with Gasteiger partial charge in [-0.1, -0.05) is 65.7 Å². The van der Waals surface area contributed by atoms with Gasteiger partial charge in [0.05, 0.1) is 11.6 Å². The van der Waals surface area contributed by atoms with Crippen molar-refractivity contribution >= 4 is 17.5 Å². The van der Waals surface area contributed by atoms with Gasteiger partial charge in [-0.25, -0.2) is 0 Å². The van der Waals surface area contributed by atoms with Gasteiger partial charge in [-0.15, -0.1) is 0 Å². The van der Waals surface area contributed by atoms with Gasteiger partial charge in [0, 0.05) is 5.02 Å². The number of halogens is 1. The van der Waals surface area contributed by atoms with Gasteiger partial charge < -0.3 is 10.1 Å². The van der Waals surface area contributed by atoms with E-state index < -0.39 is 0 Å². The van der Waals surface area contributed by atoms with Crippen molar-refractivity contribution in [3.8, 4) is 5.75 Å². The molecule has 144 valence electrons. The Morgan fingerprint density at radius 1 is 1.04 bits per heavy atom. The van der Waals surface area contributed by atoms with Crippen LogP contribution < -0.4 is 10.1 Å². The van der Waals surface area contributed by atoms with E-state index in [9.17, 15) is 4.79 Å². The van der Waals surface area contributed by atoms with E-state index in [0.29, 0.717) is 22.9 Å². The summed E-state index contributed by atoms with van der Waals surface area (Å²) in [6.07, 6.45) is 0. The second-order valence-corrected chi connectivity index (χ2v) is 7.41. The number of hydrogen-bond donors (Lipinski definition) is 1. The minimum absolute atomic E-state index is 0.131. The van der Waals surface area contributed by atoms with Gasteiger partial charge in [0.1, 0.15) is 12.4 Å². The van der Waals surface area contributed by atoms with Crippen molar-refractivity contribution in [1.82, 2.24) is 5.32 Å². The topological polar surface area (TPSA) is 38.3 Å². The summed E-state index contributed by atoms with van der Waals surface area (Å²) < 4.78 is 5.91. The van der Waals surface area contributed by atoms with Crippen LogP contribution in [-0.2, 0) is 6.61 Å². The molecule has 3 aromatic rings. The summed E-state index contributed by atoms with van der Waals surface area (Å²) in [4.78, 5) is 12.9. The molecule has 4 heteroatoms. The Kier molecular flexibility index (Phi) is 6.37. The van der Waals surface area contributed by atoms with Crippen LogP contribution in [-0.4, -0.2) is 5.91 Å². The molecule has 0 spiro atoms. The Morgan fingerprint density at radius 2 is 1.79 bits per heavy atom. The first-order valence-corrected chi connectivity index (χ1v) is 9.66. The Balaban J connectivity index is 1.77. The minimum Gasteiger partial charge on any atom is -0.488 e. The molecule has 0 aliphatic carbocycles. The molecule has 0 aliphatic heterocycles. The molecule has 0 radical (unpaired) electrons. The zero-order valence-electron chi connectivity index (χ0n) is 16.3. The molecule has 1 amide bonds. The molecule has 3 nitrogen and oxygen atoms in total. The number of aryl methyl sites for hydroxylation is 2. The smallest absolute Gasteiger partial charge is 0.255 e. The maximum atomic E-state index is 12.9. The highest BCUT2D eigenvalue weighted by atomic mass is 35.5. The van der Waals surface area contributed by atoms with Crippen LogP contribution >= 0.6 is 11.6 Å². The van der Waals surface area contributed by atoms with Crippen molar-refractivity contribution in [2.24, 2.45) is 0 Å². The van der Waals surface area contributed by atoms with E-state index in [1.54, 1.807) is 18.2 Å². The third-order valence-electron chi connectivity index (χ3n) is 4.66. The number of amides is 1. The molecule has 0 aromatic heterocycles. The fourth-order valence-electron chi connectivity index (χ4n) is 3.20. The molecule has 0 fully saturated rings. The zero-order chi connectivity index (χ0) is 20.1. The number of carbonyl (C=O) groups excluding carboxylic acids is 1. The molecular formula is C24H24ClNO2.